The molecule has 0 unspecified atom stereocenters. The maximum absolute atomic E-state index is 5.07. The molecule has 0 amide bonds. The number of oxazole rings is 1. The van der Waals surface area contributed by atoms with Crippen molar-refractivity contribution in [2.45, 2.75) is 0 Å². The maximum atomic E-state index is 5.07. The zero-order valence-electron chi connectivity index (χ0n) is 6.06. The molecule has 0 aliphatic heterocycles. The Labute approximate surface area is 63.5 Å². The molecule has 0 fully saturated rings. The molecule has 0 saturated heterocycles. The molecule has 0 aromatic carbocycles. The molecule has 0 aliphatic carbocycles. The molecular formula is C7H7N3O. The van der Waals surface area contributed by atoms with E-state index in [1.165, 1.54) is 0 Å². The van der Waals surface area contributed by atoms with Crippen molar-refractivity contribution in [3.05, 3.63) is 24.9 Å². The van der Waals surface area contributed by atoms with E-state index in [-0.39, 0.29) is 0 Å². The van der Waals surface area contributed by atoms with Crippen LogP contribution in [0.15, 0.2) is 29.3 Å². The lowest BCUT2D eigenvalue weighted by Gasteiger charge is -1.84. The summed E-state index contributed by atoms with van der Waals surface area (Å²) in [6.45, 7) is 0. The van der Waals surface area contributed by atoms with Crippen molar-refractivity contribution in [3.63, 3.8) is 0 Å². The fourth-order valence-electron chi connectivity index (χ4n) is 0.898. The predicted molar refractivity (Wildman–Crippen MR) is 38.7 cm³/mol. The predicted octanol–water partition coefficient (Wildman–Crippen LogP) is 1.08. The van der Waals surface area contributed by atoms with Crippen LogP contribution in [0, 0.1) is 0 Å². The van der Waals surface area contributed by atoms with Gasteiger partial charge in [-0.15, -0.1) is 0 Å². The van der Waals surface area contributed by atoms with E-state index < -0.39 is 0 Å². The Morgan fingerprint density at radius 2 is 2.45 bits per heavy atom. The van der Waals surface area contributed by atoms with E-state index in [0.29, 0.717) is 5.89 Å². The first-order valence-electron chi connectivity index (χ1n) is 3.25. The second-order valence-corrected chi connectivity index (χ2v) is 2.24. The first-order valence-corrected chi connectivity index (χ1v) is 3.25. The van der Waals surface area contributed by atoms with Gasteiger partial charge in [0, 0.05) is 13.2 Å². The van der Waals surface area contributed by atoms with Gasteiger partial charge in [-0.05, 0) is 0 Å². The van der Waals surface area contributed by atoms with Gasteiger partial charge in [-0.1, -0.05) is 0 Å². The number of hydrogen-bond donors (Lipinski definition) is 0. The molecule has 2 rings (SSSR count). The Kier molecular flexibility index (Phi) is 1.25. The smallest absolute Gasteiger partial charge is 0.229 e. The van der Waals surface area contributed by atoms with E-state index >= 15 is 0 Å². The standard InChI is InChI=1S/C7H7N3O/c1-10-5-6(4-9-10)7-8-2-3-11-7/h2-5H,1H3. The van der Waals surface area contributed by atoms with Crippen LogP contribution in [0.4, 0.5) is 0 Å². The molecule has 2 heterocycles. The van der Waals surface area contributed by atoms with Gasteiger partial charge in [0.05, 0.1) is 18.0 Å². The van der Waals surface area contributed by atoms with Gasteiger partial charge in [-0.25, -0.2) is 4.98 Å². The molecule has 0 N–H and O–H groups in total. The van der Waals surface area contributed by atoms with E-state index in [2.05, 4.69) is 10.1 Å². The molecule has 0 saturated carbocycles. The average molecular weight is 149 g/mol. The SMILES string of the molecule is Cn1cc(-c2ncco2)cn1. The van der Waals surface area contributed by atoms with Crippen molar-refractivity contribution in [3.8, 4) is 11.5 Å². The highest BCUT2D eigenvalue weighted by Gasteiger charge is 2.02. The first-order chi connectivity index (χ1) is 5.36. The minimum Gasteiger partial charge on any atom is -0.444 e. The fourth-order valence-corrected chi connectivity index (χ4v) is 0.898. The second kappa shape index (κ2) is 2.23. The zero-order valence-corrected chi connectivity index (χ0v) is 6.06. The topological polar surface area (TPSA) is 43.9 Å². The first kappa shape index (κ1) is 6.15. The largest absolute Gasteiger partial charge is 0.444 e. The van der Waals surface area contributed by atoms with E-state index in [1.807, 2.05) is 13.2 Å². The van der Waals surface area contributed by atoms with Gasteiger partial charge in [-0.2, -0.15) is 5.10 Å². The third-order valence-corrected chi connectivity index (χ3v) is 1.38. The van der Waals surface area contributed by atoms with Crippen LogP contribution in [0.2, 0.25) is 0 Å². The molecule has 56 valence electrons. The lowest BCUT2D eigenvalue weighted by Crippen LogP contribution is -1.84. The van der Waals surface area contributed by atoms with Crippen molar-refractivity contribution in [1.29, 1.82) is 0 Å². The van der Waals surface area contributed by atoms with Crippen LogP contribution in [0.5, 0.6) is 0 Å². The normalized spacial score (nSPS) is 10.3. The fraction of sp³-hybridized carbons (Fsp3) is 0.143. The van der Waals surface area contributed by atoms with Crippen LogP contribution in [0.3, 0.4) is 0 Å². The molecule has 4 heteroatoms. The highest BCUT2D eigenvalue weighted by atomic mass is 16.3. The third-order valence-electron chi connectivity index (χ3n) is 1.38. The number of aryl methyl sites for hydroxylation is 1. The van der Waals surface area contributed by atoms with E-state index in [0.717, 1.165) is 5.56 Å². The van der Waals surface area contributed by atoms with Crippen LogP contribution >= 0.6 is 0 Å². The number of hydrogen-bond acceptors (Lipinski definition) is 3. The second-order valence-electron chi connectivity index (χ2n) is 2.24. The number of aromatic nitrogens is 3. The molecule has 2 aromatic rings. The third kappa shape index (κ3) is 1.02. The van der Waals surface area contributed by atoms with Gasteiger partial charge in [0.25, 0.3) is 0 Å². The molecule has 11 heavy (non-hydrogen) atoms. The highest BCUT2D eigenvalue weighted by Crippen LogP contribution is 2.14. The molecule has 2 aromatic heterocycles. The Morgan fingerprint density at radius 3 is 3.00 bits per heavy atom. The molecule has 0 aliphatic rings. The summed E-state index contributed by atoms with van der Waals surface area (Å²) in [5.74, 6) is 0.609. The van der Waals surface area contributed by atoms with E-state index in [1.54, 1.807) is 23.3 Å². The molecular weight excluding hydrogens is 142 g/mol. The maximum Gasteiger partial charge on any atom is 0.229 e. The highest BCUT2D eigenvalue weighted by molar-refractivity contribution is 5.49. The van der Waals surface area contributed by atoms with Crippen LogP contribution in [-0.4, -0.2) is 14.8 Å². The lowest BCUT2D eigenvalue weighted by molar-refractivity contribution is 0.574. The minimum absolute atomic E-state index is 0.609. The summed E-state index contributed by atoms with van der Waals surface area (Å²) in [5, 5.41) is 3.99. The van der Waals surface area contributed by atoms with Crippen molar-refractivity contribution in [1.82, 2.24) is 14.8 Å². The summed E-state index contributed by atoms with van der Waals surface area (Å²) in [6, 6.07) is 0. The Hall–Kier alpha value is -1.58. The van der Waals surface area contributed by atoms with Gasteiger partial charge in [-0.3, -0.25) is 4.68 Å². The number of nitrogens with zero attached hydrogens (tertiary/aromatic N) is 3. The van der Waals surface area contributed by atoms with Gasteiger partial charge in [0.15, 0.2) is 0 Å². The number of rotatable bonds is 1. The summed E-state index contributed by atoms with van der Waals surface area (Å²) >= 11 is 0. The van der Waals surface area contributed by atoms with Crippen molar-refractivity contribution >= 4 is 0 Å². The van der Waals surface area contributed by atoms with Gasteiger partial charge < -0.3 is 4.42 Å². The van der Waals surface area contributed by atoms with E-state index in [4.69, 9.17) is 4.42 Å². The molecule has 0 atom stereocenters. The summed E-state index contributed by atoms with van der Waals surface area (Å²) < 4.78 is 6.78. The van der Waals surface area contributed by atoms with Crippen LogP contribution < -0.4 is 0 Å². The molecule has 0 spiro atoms. The minimum atomic E-state index is 0.609. The molecule has 4 nitrogen and oxygen atoms in total. The Bertz CT molecular complexity index is 336. The molecule has 0 radical (unpaired) electrons. The summed E-state index contributed by atoms with van der Waals surface area (Å²) in [7, 11) is 1.85. The Morgan fingerprint density at radius 1 is 1.55 bits per heavy atom. The van der Waals surface area contributed by atoms with Crippen molar-refractivity contribution in [2.24, 2.45) is 7.05 Å². The lowest BCUT2D eigenvalue weighted by atomic mass is 10.4. The van der Waals surface area contributed by atoms with Crippen molar-refractivity contribution < 1.29 is 4.42 Å². The van der Waals surface area contributed by atoms with Crippen molar-refractivity contribution in [2.75, 3.05) is 0 Å². The summed E-state index contributed by atoms with van der Waals surface area (Å²) in [5.41, 5.74) is 0.900. The average Bonchev–Trinajstić information content (AvgIpc) is 2.55. The Balaban J connectivity index is 2.45. The summed E-state index contributed by atoms with van der Waals surface area (Å²) in [4.78, 5) is 3.98. The van der Waals surface area contributed by atoms with Crippen LogP contribution in [0.1, 0.15) is 0 Å². The van der Waals surface area contributed by atoms with Gasteiger partial charge in [0.1, 0.15) is 6.26 Å². The quantitative estimate of drug-likeness (QED) is 0.609. The summed E-state index contributed by atoms with van der Waals surface area (Å²) in [6.07, 6.45) is 6.72. The van der Waals surface area contributed by atoms with Gasteiger partial charge in [0.2, 0.25) is 5.89 Å². The van der Waals surface area contributed by atoms with Crippen LogP contribution in [0.25, 0.3) is 11.5 Å². The monoisotopic (exact) mass is 149 g/mol. The molecule has 0 bridgehead atoms. The van der Waals surface area contributed by atoms with Crippen LogP contribution in [-0.2, 0) is 7.05 Å². The zero-order chi connectivity index (χ0) is 7.68. The van der Waals surface area contributed by atoms with E-state index in [9.17, 15) is 0 Å². The van der Waals surface area contributed by atoms with Gasteiger partial charge >= 0.3 is 0 Å².